The Morgan fingerprint density at radius 3 is 2.26 bits per heavy atom. The van der Waals surface area contributed by atoms with E-state index < -0.39 is 0 Å². The van der Waals surface area contributed by atoms with Crippen molar-refractivity contribution in [3.05, 3.63) is 12.1 Å². The number of methoxy groups -OCH3 is 3. The molecule has 1 N–H and O–H groups in total. The van der Waals surface area contributed by atoms with E-state index in [9.17, 15) is 0 Å². The van der Waals surface area contributed by atoms with Crippen LogP contribution in [0.2, 0.25) is 0 Å². The van der Waals surface area contributed by atoms with Crippen LogP contribution in [-0.4, -0.2) is 40.5 Å². The largest absolute Gasteiger partial charge is 0.493 e. The van der Waals surface area contributed by atoms with Crippen LogP contribution in [-0.2, 0) is 0 Å². The molecule has 1 aliphatic heterocycles. The molecule has 1 heterocycles. The lowest BCUT2D eigenvalue weighted by molar-refractivity contribution is 0.270. The summed E-state index contributed by atoms with van der Waals surface area (Å²) in [6.45, 7) is 1.72. The highest BCUT2D eigenvalue weighted by Gasteiger charge is 2.17. The molecule has 1 aromatic carbocycles. The molecular weight excluding hydrogens is 246 g/mol. The number of benzene rings is 1. The van der Waals surface area contributed by atoms with Gasteiger partial charge in [0, 0.05) is 18.2 Å². The standard InChI is InChI=1S/C14H21NO4/c1-16-12-7-11(8-13(17-2)14(12)18-3)19-9-10-5-4-6-15-10/h7-8,10,15H,4-6,9H2,1-3H3/t10-/m0/s1. The Labute approximate surface area is 113 Å². The zero-order valence-corrected chi connectivity index (χ0v) is 11.7. The Kier molecular flexibility index (Phi) is 4.74. The summed E-state index contributed by atoms with van der Waals surface area (Å²) in [5.74, 6) is 2.52. The molecule has 2 rings (SSSR count). The quantitative estimate of drug-likeness (QED) is 0.852. The van der Waals surface area contributed by atoms with Crippen molar-refractivity contribution in [1.29, 1.82) is 0 Å². The van der Waals surface area contributed by atoms with Crippen LogP contribution in [0.3, 0.4) is 0 Å². The van der Waals surface area contributed by atoms with E-state index in [2.05, 4.69) is 5.32 Å². The Bertz CT molecular complexity index is 391. The molecule has 0 aliphatic carbocycles. The normalized spacial score (nSPS) is 18.2. The number of nitrogens with one attached hydrogen (secondary N) is 1. The highest BCUT2D eigenvalue weighted by molar-refractivity contribution is 5.55. The van der Waals surface area contributed by atoms with E-state index >= 15 is 0 Å². The van der Waals surface area contributed by atoms with Gasteiger partial charge in [-0.25, -0.2) is 0 Å². The minimum Gasteiger partial charge on any atom is -0.493 e. The van der Waals surface area contributed by atoms with Crippen LogP contribution in [0.5, 0.6) is 23.0 Å². The van der Waals surface area contributed by atoms with Crippen LogP contribution in [0, 0.1) is 0 Å². The molecule has 1 fully saturated rings. The summed E-state index contributed by atoms with van der Waals surface area (Å²) >= 11 is 0. The Morgan fingerprint density at radius 2 is 1.79 bits per heavy atom. The van der Waals surface area contributed by atoms with Gasteiger partial charge in [0.15, 0.2) is 11.5 Å². The van der Waals surface area contributed by atoms with Crippen LogP contribution in [0.15, 0.2) is 12.1 Å². The molecule has 0 unspecified atom stereocenters. The first-order valence-corrected chi connectivity index (χ1v) is 6.44. The molecule has 1 saturated heterocycles. The maximum absolute atomic E-state index is 5.80. The molecule has 19 heavy (non-hydrogen) atoms. The second-order valence-corrected chi connectivity index (χ2v) is 4.47. The monoisotopic (exact) mass is 267 g/mol. The molecule has 5 nitrogen and oxygen atoms in total. The van der Waals surface area contributed by atoms with Crippen LogP contribution >= 0.6 is 0 Å². The van der Waals surface area contributed by atoms with Gasteiger partial charge in [0.05, 0.1) is 21.3 Å². The van der Waals surface area contributed by atoms with Crippen molar-refractivity contribution in [3.63, 3.8) is 0 Å². The molecule has 1 aromatic rings. The van der Waals surface area contributed by atoms with Crippen molar-refractivity contribution in [2.45, 2.75) is 18.9 Å². The van der Waals surface area contributed by atoms with Gasteiger partial charge in [0.2, 0.25) is 5.75 Å². The van der Waals surface area contributed by atoms with E-state index in [0.717, 1.165) is 18.7 Å². The first-order chi connectivity index (χ1) is 9.28. The fraction of sp³-hybridized carbons (Fsp3) is 0.571. The zero-order chi connectivity index (χ0) is 13.7. The van der Waals surface area contributed by atoms with Crippen molar-refractivity contribution in [2.75, 3.05) is 34.5 Å². The summed E-state index contributed by atoms with van der Waals surface area (Å²) in [4.78, 5) is 0. The molecule has 0 radical (unpaired) electrons. The number of hydrogen-bond acceptors (Lipinski definition) is 5. The van der Waals surface area contributed by atoms with E-state index in [-0.39, 0.29) is 0 Å². The van der Waals surface area contributed by atoms with E-state index in [4.69, 9.17) is 18.9 Å². The van der Waals surface area contributed by atoms with Crippen molar-refractivity contribution >= 4 is 0 Å². The van der Waals surface area contributed by atoms with Gasteiger partial charge in [0.25, 0.3) is 0 Å². The average Bonchev–Trinajstić information content (AvgIpc) is 2.97. The van der Waals surface area contributed by atoms with Gasteiger partial charge in [-0.1, -0.05) is 0 Å². The first-order valence-electron chi connectivity index (χ1n) is 6.44. The lowest BCUT2D eigenvalue weighted by atomic mass is 10.2. The highest BCUT2D eigenvalue weighted by atomic mass is 16.5. The summed E-state index contributed by atoms with van der Waals surface area (Å²) in [6.07, 6.45) is 2.37. The van der Waals surface area contributed by atoms with Gasteiger partial charge >= 0.3 is 0 Å². The smallest absolute Gasteiger partial charge is 0.203 e. The molecule has 1 atom stereocenters. The third-order valence-corrected chi connectivity index (χ3v) is 3.25. The van der Waals surface area contributed by atoms with Crippen molar-refractivity contribution in [3.8, 4) is 23.0 Å². The zero-order valence-electron chi connectivity index (χ0n) is 11.7. The van der Waals surface area contributed by atoms with Gasteiger partial charge < -0.3 is 24.3 Å². The predicted molar refractivity (Wildman–Crippen MR) is 72.6 cm³/mol. The van der Waals surface area contributed by atoms with E-state index in [1.54, 1.807) is 21.3 Å². The van der Waals surface area contributed by atoms with Gasteiger partial charge in [0.1, 0.15) is 12.4 Å². The summed E-state index contributed by atoms with van der Waals surface area (Å²) in [5, 5.41) is 3.39. The summed E-state index contributed by atoms with van der Waals surface area (Å²) in [5.41, 5.74) is 0. The number of rotatable bonds is 6. The molecular formula is C14H21NO4. The summed E-state index contributed by atoms with van der Waals surface area (Å²) in [6, 6.07) is 4.06. The Balaban J connectivity index is 2.11. The Morgan fingerprint density at radius 1 is 1.11 bits per heavy atom. The lowest BCUT2D eigenvalue weighted by Crippen LogP contribution is -2.28. The minimum absolute atomic E-state index is 0.430. The minimum atomic E-state index is 0.430. The van der Waals surface area contributed by atoms with Crippen LogP contribution in [0.4, 0.5) is 0 Å². The number of hydrogen-bond donors (Lipinski definition) is 1. The van der Waals surface area contributed by atoms with Crippen LogP contribution in [0.25, 0.3) is 0 Å². The van der Waals surface area contributed by atoms with Gasteiger partial charge in [-0.15, -0.1) is 0 Å². The fourth-order valence-corrected chi connectivity index (χ4v) is 2.24. The van der Waals surface area contributed by atoms with Crippen molar-refractivity contribution in [1.82, 2.24) is 5.32 Å². The first kappa shape index (κ1) is 13.8. The van der Waals surface area contributed by atoms with Crippen LogP contribution < -0.4 is 24.3 Å². The maximum Gasteiger partial charge on any atom is 0.203 e. The summed E-state index contributed by atoms with van der Waals surface area (Å²) in [7, 11) is 4.78. The van der Waals surface area contributed by atoms with Crippen molar-refractivity contribution < 1.29 is 18.9 Å². The number of ether oxygens (including phenoxy) is 4. The maximum atomic E-state index is 5.80. The second-order valence-electron chi connectivity index (χ2n) is 4.47. The van der Waals surface area contributed by atoms with E-state index in [1.807, 2.05) is 12.1 Å². The Hall–Kier alpha value is -1.62. The van der Waals surface area contributed by atoms with Gasteiger partial charge in [-0.3, -0.25) is 0 Å². The van der Waals surface area contributed by atoms with Gasteiger partial charge in [-0.05, 0) is 19.4 Å². The summed E-state index contributed by atoms with van der Waals surface area (Å²) < 4.78 is 21.7. The molecule has 0 spiro atoms. The highest BCUT2D eigenvalue weighted by Crippen LogP contribution is 2.40. The third kappa shape index (κ3) is 3.23. The molecule has 0 saturated carbocycles. The molecule has 0 aromatic heterocycles. The second kappa shape index (κ2) is 6.52. The van der Waals surface area contributed by atoms with Crippen molar-refractivity contribution in [2.24, 2.45) is 0 Å². The van der Waals surface area contributed by atoms with Crippen LogP contribution in [0.1, 0.15) is 12.8 Å². The third-order valence-electron chi connectivity index (χ3n) is 3.25. The molecule has 106 valence electrons. The molecule has 0 bridgehead atoms. The lowest BCUT2D eigenvalue weighted by Gasteiger charge is -2.16. The topological polar surface area (TPSA) is 49.0 Å². The molecule has 0 amide bonds. The SMILES string of the molecule is COc1cc(OC[C@@H]2CCCN2)cc(OC)c1OC. The van der Waals surface area contributed by atoms with E-state index in [1.165, 1.54) is 6.42 Å². The van der Waals surface area contributed by atoms with E-state index in [0.29, 0.717) is 29.9 Å². The molecule has 5 heteroatoms. The predicted octanol–water partition coefficient (Wildman–Crippen LogP) is 1.84. The molecule has 1 aliphatic rings. The average molecular weight is 267 g/mol. The fourth-order valence-electron chi connectivity index (χ4n) is 2.24. The van der Waals surface area contributed by atoms with Gasteiger partial charge in [-0.2, -0.15) is 0 Å².